The largest absolute Gasteiger partial charge is 0.478 e. The summed E-state index contributed by atoms with van der Waals surface area (Å²) < 4.78 is 5.87. The SMILES string of the molecule is CCN1CCOC(CN2CCc3cc(C(=O)O)ccc32)C1. The van der Waals surface area contributed by atoms with Crippen LogP contribution in [0.2, 0.25) is 0 Å². The van der Waals surface area contributed by atoms with E-state index in [0.717, 1.165) is 57.0 Å². The number of hydrogen-bond acceptors (Lipinski definition) is 4. The maximum Gasteiger partial charge on any atom is 0.335 e. The number of carboxylic acids is 1. The number of carboxylic acid groups (broad SMARTS) is 1. The molecule has 1 saturated heterocycles. The Bertz CT molecular complexity index is 532. The van der Waals surface area contributed by atoms with E-state index in [1.165, 1.54) is 0 Å². The van der Waals surface area contributed by atoms with Gasteiger partial charge in [-0.25, -0.2) is 4.79 Å². The van der Waals surface area contributed by atoms with E-state index in [1.807, 2.05) is 6.07 Å². The highest BCUT2D eigenvalue weighted by Crippen LogP contribution is 2.29. The molecule has 1 atom stereocenters. The van der Waals surface area contributed by atoms with E-state index in [0.29, 0.717) is 5.56 Å². The van der Waals surface area contributed by atoms with Gasteiger partial charge in [0.1, 0.15) is 0 Å². The van der Waals surface area contributed by atoms with Gasteiger partial charge >= 0.3 is 5.97 Å². The molecule has 0 amide bonds. The molecule has 0 radical (unpaired) electrons. The number of rotatable bonds is 4. The van der Waals surface area contributed by atoms with Gasteiger partial charge in [-0.15, -0.1) is 0 Å². The minimum atomic E-state index is -0.856. The van der Waals surface area contributed by atoms with Gasteiger partial charge in [-0.1, -0.05) is 6.92 Å². The van der Waals surface area contributed by atoms with Crippen molar-refractivity contribution in [3.63, 3.8) is 0 Å². The number of carbonyl (C=O) groups is 1. The molecule has 2 heterocycles. The average molecular weight is 290 g/mol. The molecule has 0 saturated carbocycles. The Kier molecular flexibility index (Phi) is 4.12. The number of nitrogens with zero attached hydrogens (tertiary/aromatic N) is 2. The van der Waals surface area contributed by atoms with Crippen LogP contribution in [0.15, 0.2) is 18.2 Å². The summed E-state index contributed by atoms with van der Waals surface area (Å²) in [6.45, 7) is 7.89. The molecule has 2 aliphatic rings. The molecule has 114 valence electrons. The van der Waals surface area contributed by atoms with Crippen molar-refractivity contribution in [1.82, 2.24) is 4.90 Å². The second-order valence-corrected chi connectivity index (χ2v) is 5.73. The number of likely N-dealkylation sites (N-methyl/N-ethyl adjacent to an activating group) is 1. The minimum absolute atomic E-state index is 0.240. The number of hydrogen-bond donors (Lipinski definition) is 1. The first-order valence-electron chi connectivity index (χ1n) is 7.62. The van der Waals surface area contributed by atoms with Crippen molar-refractivity contribution in [3.8, 4) is 0 Å². The van der Waals surface area contributed by atoms with E-state index in [-0.39, 0.29) is 6.10 Å². The third-order valence-electron chi connectivity index (χ3n) is 4.41. The molecule has 5 heteroatoms. The van der Waals surface area contributed by atoms with Gasteiger partial charge in [-0.05, 0) is 36.7 Å². The van der Waals surface area contributed by atoms with Crippen molar-refractivity contribution in [2.45, 2.75) is 19.4 Å². The molecule has 2 aliphatic heterocycles. The molecule has 1 N–H and O–H groups in total. The Morgan fingerprint density at radius 3 is 3.05 bits per heavy atom. The molecule has 3 rings (SSSR count). The smallest absolute Gasteiger partial charge is 0.335 e. The Hall–Kier alpha value is -1.59. The summed E-state index contributed by atoms with van der Waals surface area (Å²) in [4.78, 5) is 15.8. The molecule has 0 spiro atoms. The molecule has 21 heavy (non-hydrogen) atoms. The van der Waals surface area contributed by atoms with Crippen LogP contribution in [0.3, 0.4) is 0 Å². The lowest BCUT2D eigenvalue weighted by atomic mass is 10.1. The van der Waals surface area contributed by atoms with Gasteiger partial charge in [0.15, 0.2) is 0 Å². The number of morpholine rings is 1. The number of benzene rings is 1. The normalized spacial score (nSPS) is 22.3. The molecule has 5 nitrogen and oxygen atoms in total. The molecule has 0 aliphatic carbocycles. The molecular weight excluding hydrogens is 268 g/mol. The van der Waals surface area contributed by atoms with Gasteiger partial charge in [0.2, 0.25) is 0 Å². The van der Waals surface area contributed by atoms with Crippen LogP contribution in [0, 0.1) is 0 Å². The van der Waals surface area contributed by atoms with E-state index < -0.39 is 5.97 Å². The quantitative estimate of drug-likeness (QED) is 0.910. The first-order chi connectivity index (χ1) is 10.2. The van der Waals surface area contributed by atoms with E-state index in [1.54, 1.807) is 12.1 Å². The fraction of sp³-hybridized carbons (Fsp3) is 0.562. The van der Waals surface area contributed by atoms with Crippen molar-refractivity contribution >= 4 is 11.7 Å². The zero-order valence-corrected chi connectivity index (χ0v) is 12.4. The third kappa shape index (κ3) is 3.04. The summed E-state index contributed by atoms with van der Waals surface area (Å²) >= 11 is 0. The molecule has 1 aromatic carbocycles. The predicted octanol–water partition coefficient (Wildman–Crippen LogP) is 1.47. The van der Waals surface area contributed by atoms with Crippen molar-refractivity contribution in [1.29, 1.82) is 0 Å². The number of aromatic carboxylic acids is 1. The van der Waals surface area contributed by atoms with Crippen molar-refractivity contribution in [3.05, 3.63) is 29.3 Å². The van der Waals surface area contributed by atoms with Gasteiger partial charge in [0.25, 0.3) is 0 Å². The van der Waals surface area contributed by atoms with Crippen molar-refractivity contribution in [2.75, 3.05) is 44.2 Å². The average Bonchev–Trinajstić information content (AvgIpc) is 2.90. The molecule has 1 fully saturated rings. The summed E-state index contributed by atoms with van der Waals surface area (Å²) in [5, 5.41) is 9.06. The number of anilines is 1. The standard InChI is InChI=1S/C16H22N2O3/c1-2-17-7-8-21-14(10-17)11-18-6-5-12-9-13(16(19)20)3-4-15(12)18/h3-4,9,14H,2,5-8,10-11H2,1H3,(H,19,20). The molecule has 0 bridgehead atoms. The maximum absolute atomic E-state index is 11.0. The summed E-state index contributed by atoms with van der Waals surface area (Å²) in [7, 11) is 0. The van der Waals surface area contributed by atoms with Gasteiger partial charge in [-0.2, -0.15) is 0 Å². The van der Waals surface area contributed by atoms with Crippen LogP contribution in [0.4, 0.5) is 5.69 Å². The lowest BCUT2D eigenvalue weighted by molar-refractivity contribution is -0.0219. The van der Waals surface area contributed by atoms with E-state index in [2.05, 4.69) is 16.7 Å². The highest BCUT2D eigenvalue weighted by atomic mass is 16.5. The number of ether oxygens (including phenoxy) is 1. The summed E-state index contributed by atoms with van der Waals surface area (Å²) in [5.74, 6) is -0.856. The first-order valence-corrected chi connectivity index (χ1v) is 7.62. The van der Waals surface area contributed by atoms with E-state index in [9.17, 15) is 4.79 Å². The second kappa shape index (κ2) is 6.03. The number of fused-ring (bicyclic) bond motifs is 1. The summed E-state index contributed by atoms with van der Waals surface area (Å²) in [6, 6.07) is 5.43. The van der Waals surface area contributed by atoms with Crippen LogP contribution in [0.5, 0.6) is 0 Å². The van der Waals surface area contributed by atoms with Crippen LogP contribution in [-0.2, 0) is 11.2 Å². The summed E-state index contributed by atoms with van der Waals surface area (Å²) in [5.41, 5.74) is 2.68. The highest BCUT2D eigenvalue weighted by Gasteiger charge is 2.26. The van der Waals surface area contributed by atoms with Crippen LogP contribution >= 0.6 is 0 Å². The molecule has 1 aromatic rings. The van der Waals surface area contributed by atoms with Gasteiger partial charge in [-0.3, -0.25) is 4.90 Å². The monoisotopic (exact) mass is 290 g/mol. The molecule has 0 aromatic heterocycles. The molecule has 1 unspecified atom stereocenters. The van der Waals surface area contributed by atoms with E-state index >= 15 is 0 Å². The Morgan fingerprint density at radius 2 is 2.29 bits per heavy atom. The lowest BCUT2D eigenvalue weighted by Crippen LogP contribution is -2.47. The highest BCUT2D eigenvalue weighted by molar-refractivity contribution is 5.88. The zero-order chi connectivity index (χ0) is 14.8. The van der Waals surface area contributed by atoms with Gasteiger partial charge in [0.05, 0.1) is 18.3 Å². The van der Waals surface area contributed by atoms with Crippen LogP contribution in [0.1, 0.15) is 22.8 Å². The Balaban J connectivity index is 1.68. The summed E-state index contributed by atoms with van der Waals surface area (Å²) in [6.07, 6.45) is 1.16. The Labute approximate surface area is 125 Å². The van der Waals surface area contributed by atoms with Crippen LogP contribution in [0.25, 0.3) is 0 Å². The Morgan fingerprint density at radius 1 is 1.43 bits per heavy atom. The predicted molar refractivity (Wildman–Crippen MR) is 81.2 cm³/mol. The minimum Gasteiger partial charge on any atom is -0.478 e. The van der Waals surface area contributed by atoms with Crippen LogP contribution in [-0.4, -0.2) is 61.4 Å². The van der Waals surface area contributed by atoms with E-state index in [4.69, 9.17) is 9.84 Å². The van der Waals surface area contributed by atoms with Gasteiger partial charge < -0.3 is 14.7 Å². The second-order valence-electron chi connectivity index (χ2n) is 5.73. The fourth-order valence-electron chi connectivity index (χ4n) is 3.22. The van der Waals surface area contributed by atoms with Gasteiger partial charge in [0, 0.05) is 31.9 Å². The lowest BCUT2D eigenvalue weighted by Gasteiger charge is -2.34. The third-order valence-corrected chi connectivity index (χ3v) is 4.41. The van der Waals surface area contributed by atoms with Crippen LogP contribution < -0.4 is 4.90 Å². The zero-order valence-electron chi connectivity index (χ0n) is 12.4. The molecular formula is C16H22N2O3. The van der Waals surface area contributed by atoms with Crippen molar-refractivity contribution in [2.24, 2.45) is 0 Å². The topological polar surface area (TPSA) is 53.0 Å². The first kappa shape index (κ1) is 14.4. The maximum atomic E-state index is 11.0. The van der Waals surface area contributed by atoms with Crippen molar-refractivity contribution < 1.29 is 14.6 Å². The fourth-order valence-corrected chi connectivity index (χ4v) is 3.22.